The number of ketones is 1. The number of carbonyl (C=O) groups is 1. The van der Waals surface area contributed by atoms with E-state index in [1.165, 1.54) is 19.5 Å². The van der Waals surface area contributed by atoms with Gasteiger partial charge in [0.1, 0.15) is 0 Å². The number of aryl methyl sites for hydroxylation is 2. The fourth-order valence-electron chi connectivity index (χ4n) is 2.58. The summed E-state index contributed by atoms with van der Waals surface area (Å²) in [5, 5.41) is 0. The molecule has 0 aromatic carbocycles. The van der Waals surface area contributed by atoms with Crippen LogP contribution < -0.4 is 0 Å². The van der Waals surface area contributed by atoms with Gasteiger partial charge in [-0.2, -0.15) is 0 Å². The average molecular weight is 314 g/mol. The first kappa shape index (κ1) is 14.5. The summed E-state index contributed by atoms with van der Waals surface area (Å²) in [4.78, 5) is 17.6. The SMILES string of the molecule is Cc1ccc(/C=C2/CCC/C(=C\c3ccc(C)s3)C2=O)s1. The summed E-state index contributed by atoms with van der Waals surface area (Å²) in [6.45, 7) is 4.19. The minimum atomic E-state index is 0.235. The fraction of sp³-hybridized carbons (Fsp3) is 0.278. The third kappa shape index (κ3) is 3.42. The Balaban J connectivity index is 1.87. The highest BCUT2D eigenvalue weighted by molar-refractivity contribution is 7.13. The molecule has 0 N–H and O–H groups in total. The molecule has 1 saturated carbocycles. The second-order valence-electron chi connectivity index (χ2n) is 5.42. The van der Waals surface area contributed by atoms with Crippen LogP contribution in [0.25, 0.3) is 12.2 Å². The first-order valence-electron chi connectivity index (χ1n) is 7.20. The number of Topliss-reactive ketones (excluding diaryl/α,β-unsaturated/α-hetero) is 1. The highest BCUT2D eigenvalue weighted by atomic mass is 32.1. The number of hydrogen-bond donors (Lipinski definition) is 0. The van der Waals surface area contributed by atoms with Gasteiger partial charge < -0.3 is 0 Å². The first-order valence-corrected chi connectivity index (χ1v) is 8.84. The van der Waals surface area contributed by atoms with Crippen molar-refractivity contribution in [3.05, 3.63) is 54.9 Å². The van der Waals surface area contributed by atoms with Crippen molar-refractivity contribution in [2.45, 2.75) is 33.1 Å². The molecule has 2 aromatic heterocycles. The molecule has 0 radical (unpaired) electrons. The van der Waals surface area contributed by atoms with Crippen molar-refractivity contribution in [2.75, 3.05) is 0 Å². The Labute approximate surface area is 133 Å². The molecule has 2 aromatic rings. The quantitative estimate of drug-likeness (QED) is 0.655. The summed E-state index contributed by atoms with van der Waals surface area (Å²) < 4.78 is 0. The van der Waals surface area contributed by atoms with E-state index in [2.05, 4.69) is 50.3 Å². The second-order valence-corrected chi connectivity index (χ2v) is 8.06. The predicted octanol–water partition coefficient (Wildman–Crippen LogP) is 5.65. The molecule has 1 aliphatic rings. The van der Waals surface area contributed by atoms with E-state index in [-0.39, 0.29) is 5.78 Å². The number of hydrogen-bond acceptors (Lipinski definition) is 3. The summed E-state index contributed by atoms with van der Waals surface area (Å²) in [5.41, 5.74) is 1.92. The van der Waals surface area contributed by atoms with E-state index in [1.807, 2.05) is 0 Å². The zero-order valence-electron chi connectivity index (χ0n) is 12.3. The molecule has 3 rings (SSSR count). The zero-order chi connectivity index (χ0) is 14.8. The highest BCUT2D eigenvalue weighted by Gasteiger charge is 2.20. The lowest BCUT2D eigenvalue weighted by molar-refractivity contribution is -0.112. The van der Waals surface area contributed by atoms with Crippen molar-refractivity contribution < 1.29 is 4.79 Å². The molecule has 0 atom stereocenters. The molecule has 0 amide bonds. The zero-order valence-corrected chi connectivity index (χ0v) is 13.9. The van der Waals surface area contributed by atoms with Crippen molar-refractivity contribution in [2.24, 2.45) is 0 Å². The maximum Gasteiger partial charge on any atom is 0.185 e. The second kappa shape index (κ2) is 6.12. The van der Waals surface area contributed by atoms with E-state index in [0.29, 0.717) is 0 Å². The summed E-state index contributed by atoms with van der Waals surface area (Å²) in [5.74, 6) is 0.235. The summed E-state index contributed by atoms with van der Waals surface area (Å²) in [6.07, 6.45) is 7.02. The van der Waals surface area contributed by atoms with E-state index in [9.17, 15) is 4.79 Å². The predicted molar refractivity (Wildman–Crippen MR) is 92.9 cm³/mol. The Kier molecular flexibility index (Phi) is 4.22. The third-order valence-electron chi connectivity index (χ3n) is 3.63. The molecule has 3 heteroatoms. The number of allylic oxidation sites excluding steroid dienone is 2. The van der Waals surface area contributed by atoms with Gasteiger partial charge in [-0.1, -0.05) is 0 Å². The van der Waals surface area contributed by atoms with E-state index < -0.39 is 0 Å². The van der Waals surface area contributed by atoms with Gasteiger partial charge in [-0.3, -0.25) is 4.79 Å². The van der Waals surface area contributed by atoms with Crippen LogP contribution in [0.3, 0.4) is 0 Å². The maximum absolute atomic E-state index is 12.6. The summed E-state index contributed by atoms with van der Waals surface area (Å²) in [6, 6.07) is 8.41. The molecule has 0 saturated heterocycles. The number of thiophene rings is 2. The standard InChI is InChI=1S/C18H18OS2/c1-12-6-8-16(20-12)10-14-4-3-5-15(18(14)19)11-17-9-7-13(2)21-17/h6-11H,3-5H2,1-2H3/b14-10-,15-11+. The molecule has 108 valence electrons. The van der Waals surface area contributed by atoms with Crippen LogP contribution in [-0.2, 0) is 4.79 Å². The average Bonchev–Trinajstić information content (AvgIpc) is 3.03. The molecule has 0 unspecified atom stereocenters. The molecule has 1 aliphatic carbocycles. The summed E-state index contributed by atoms with van der Waals surface area (Å²) >= 11 is 3.49. The van der Waals surface area contributed by atoms with Crippen LogP contribution in [0.2, 0.25) is 0 Å². The van der Waals surface area contributed by atoms with Gasteiger partial charge in [-0.05, 0) is 69.5 Å². The molecule has 1 fully saturated rings. The first-order chi connectivity index (χ1) is 10.1. The molecule has 1 nitrogen and oxygen atoms in total. The molecular formula is C18H18OS2. The van der Waals surface area contributed by atoms with Crippen molar-refractivity contribution in [3.63, 3.8) is 0 Å². The van der Waals surface area contributed by atoms with Gasteiger partial charge in [-0.25, -0.2) is 0 Å². The molecule has 0 spiro atoms. The van der Waals surface area contributed by atoms with E-state index in [4.69, 9.17) is 0 Å². The van der Waals surface area contributed by atoms with E-state index in [1.54, 1.807) is 22.7 Å². The van der Waals surface area contributed by atoms with Gasteiger partial charge in [0.25, 0.3) is 0 Å². The van der Waals surface area contributed by atoms with Crippen molar-refractivity contribution >= 4 is 40.6 Å². The van der Waals surface area contributed by atoms with Crippen molar-refractivity contribution in [3.8, 4) is 0 Å². The Morgan fingerprint density at radius 1 is 0.857 bits per heavy atom. The van der Waals surface area contributed by atoms with Crippen molar-refractivity contribution in [1.82, 2.24) is 0 Å². The lowest BCUT2D eigenvalue weighted by atomic mass is 9.88. The van der Waals surface area contributed by atoms with Gasteiger partial charge in [0.2, 0.25) is 0 Å². The minimum absolute atomic E-state index is 0.235. The monoisotopic (exact) mass is 314 g/mol. The normalized spacial score (nSPS) is 19.6. The van der Waals surface area contributed by atoms with Crippen LogP contribution in [0, 0.1) is 13.8 Å². The van der Waals surface area contributed by atoms with Crippen LogP contribution in [0.4, 0.5) is 0 Å². The maximum atomic E-state index is 12.6. The van der Waals surface area contributed by atoms with Crippen molar-refractivity contribution in [1.29, 1.82) is 0 Å². The molecule has 0 aliphatic heterocycles. The topological polar surface area (TPSA) is 17.1 Å². The molecule has 2 heterocycles. The van der Waals surface area contributed by atoms with Gasteiger partial charge in [-0.15, -0.1) is 22.7 Å². The molecule has 21 heavy (non-hydrogen) atoms. The molecule has 0 bridgehead atoms. The fourth-order valence-corrected chi connectivity index (χ4v) is 4.27. The van der Waals surface area contributed by atoms with Crippen LogP contribution >= 0.6 is 22.7 Å². The summed E-state index contributed by atoms with van der Waals surface area (Å²) in [7, 11) is 0. The highest BCUT2D eigenvalue weighted by Crippen LogP contribution is 2.30. The van der Waals surface area contributed by atoms with Gasteiger partial charge in [0, 0.05) is 30.7 Å². The van der Waals surface area contributed by atoms with E-state index in [0.717, 1.165) is 30.4 Å². The Hall–Kier alpha value is -1.45. The van der Waals surface area contributed by atoms with Gasteiger partial charge in [0.15, 0.2) is 5.78 Å². The van der Waals surface area contributed by atoms with E-state index >= 15 is 0 Å². The van der Waals surface area contributed by atoms with Gasteiger partial charge in [0.05, 0.1) is 0 Å². The van der Waals surface area contributed by atoms with Crippen LogP contribution in [0.1, 0.15) is 38.8 Å². The smallest absolute Gasteiger partial charge is 0.185 e. The Morgan fingerprint density at radius 3 is 1.71 bits per heavy atom. The Morgan fingerprint density at radius 2 is 1.33 bits per heavy atom. The molecular weight excluding hydrogens is 296 g/mol. The number of rotatable bonds is 2. The largest absolute Gasteiger partial charge is 0.289 e. The Bertz CT molecular complexity index is 668. The number of carbonyl (C=O) groups excluding carboxylic acids is 1. The van der Waals surface area contributed by atoms with Crippen LogP contribution in [-0.4, -0.2) is 5.78 Å². The van der Waals surface area contributed by atoms with Gasteiger partial charge >= 0.3 is 0 Å². The van der Waals surface area contributed by atoms with Crippen LogP contribution in [0.15, 0.2) is 35.4 Å². The lowest BCUT2D eigenvalue weighted by Gasteiger charge is -2.16. The minimum Gasteiger partial charge on any atom is -0.289 e. The lowest BCUT2D eigenvalue weighted by Crippen LogP contribution is -2.11. The third-order valence-corrected chi connectivity index (χ3v) is 5.53. The van der Waals surface area contributed by atoms with Crippen LogP contribution in [0.5, 0.6) is 0 Å².